The van der Waals surface area contributed by atoms with E-state index < -0.39 is 0 Å². The van der Waals surface area contributed by atoms with Crippen molar-refractivity contribution in [2.24, 2.45) is 0 Å². The lowest BCUT2D eigenvalue weighted by Crippen LogP contribution is -1.95. The number of halogens is 2. The molecule has 0 N–H and O–H groups in total. The van der Waals surface area contributed by atoms with Crippen LogP contribution in [0.5, 0.6) is 5.75 Å². The highest BCUT2D eigenvalue weighted by atomic mass is 35.5. The molecule has 0 aliphatic carbocycles. The summed E-state index contributed by atoms with van der Waals surface area (Å²) in [5.41, 5.74) is 2.05. The van der Waals surface area contributed by atoms with Gasteiger partial charge in [0.2, 0.25) is 0 Å². The van der Waals surface area contributed by atoms with Crippen molar-refractivity contribution in [3.8, 4) is 24.2 Å². The smallest absolute Gasteiger partial charge is 0.157 e. The summed E-state index contributed by atoms with van der Waals surface area (Å²) in [5.74, 6) is 2.71. The molecule has 0 fully saturated rings. The summed E-state index contributed by atoms with van der Waals surface area (Å²) in [6.07, 6.45) is 6.93. The predicted octanol–water partition coefficient (Wildman–Crippen LogP) is 6.22. The zero-order chi connectivity index (χ0) is 18.5. The molecule has 0 atom stereocenters. The molecule has 0 saturated carbocycles. The molecule has 4 heteroatoms. The number of hydrogen-bond acceptors (Lipinski definition) is 2. The van der Waals surface area contributed by atoms with Crippen LogP contribution < -0.4 is 4.74 Å². The minimum absolute atomic E-state index is 0.0785. The Morgan fingerprint density at radius 1 is 1.04 bits per heavy atom. The fourth-order valence-electron chi connectivity index (χ4n) is 2.62. The molecule has 3 rings (SSSR count). The lowest BCUT2D eigenvalue weighted by atomic mass is 10.00. The number of nitrogens with zero attached hydrogens (tertiary/aromatic N) is 1. The maximum atomic E-state index is 9.59. The Labute approximate surface area is 162 Å². The Morgan fingerprint density at radius 3 is 2.38 bits per heavy atom. The van der Waals surface area contributed by atoms with Crippen molar-refractivity contribution < 1.29 is 4.74 Å². The van der Waals surface area contributed by atoms with Gasteiger partial charge in [-0.1, -0.05) is 65.5 Å². The molecule has 0 spiro atoms. The van der Waals surface area contributed by atoms with E-state index in [4.69, 9.17) is 34.4 Å². The number of benzene rings is 3. The van der Waals surface area contributed by atoms with Crippen molar-refractivity contribution in [3.05, 3.63) is 75.8 Å². The highest BCUT2D eigenvalue weighted by molar-refractivity contribution is 6.37. The molecule has 2 nitrogen and oxygen atoms in total. The molecule has 0 aliphatic heterocycles. The van der Waals surface area contributed by atoms with Crippen molar-refractivity contribution >= 4 is 45.6 Å². The van der Waals surface area contributed by atoms with Gasteiger partial charge in [0.05, 0.1) is 21.7 Å². The maximum absolute atomic E-state index is 9.59. The first-order valence-corrected chi connectivity index (χ1v) is 8.54. The Balaban J connectivity index is 2.01. The van der Waals surface area contributed by atoms with Gasteiger partial charge in [0, 0.05) is 0 Å². The third-order valence-corrected chi connectivity index (χ3v) is 4.37. The molecule has 0 radical (unpaired) electrons. The van der Waals surface area contributed by atoms with Gasteiger partial charge in [-0.2, -0.15) is 5.26 Å². The SMILES string of the molecule is C#CCOc1c(Cl)cc(C=C(C#N)c2ccc3ccccc3c2)cc1Cl. The quantitative estimate of drug-likeness (QED) is 0.307. The van der Waals surface area contributed by atoms with Crippen molar-refractivity contribution in [1.82, 2.24) is 0 Å². The molecule has 0 saturated heterocycles. The van der Waals surface area contributed by atoms with Crippen molar-refractivity contribution in [2.75, 3.05) is 6.61 Å². The van der Waals surface area contributed by atoms with Crippen LogP contribution in [0.3, 0.4) is 0 Å². The van der Waals surface area contributed by atoms with Gasteiger partial charge in [-0.25, -0.2) is 0 Å². The molecule has 26 heavy (non-hydrogen) atoms. The minimum atomic E-state index is 0.0785. The molecular formula is C22H13Cl2NO. The van der Waals surface area contributed by atoms with Crippen LogP contribution in [0.2, 0.25) is 10.0 Å². The first-order chi connectivity index (χ1) is 12.6. The summed E-state index contributed by atoms with van der Waals surface area (Å²) < 4.78 is 5.35. The van der Waals surface area contributed by atoms with Crippen LogP contribution in [0, 0.1) is 23.7 Å². The zero-order valence-electron chi connectivity index (χ0n) is 13.7. The lowest BCUT2D eigenvalue weighted by Gasteiger charge is -2.09. The van der Waals surface area contributed by atoms with Crippen molar-refractivity contribution in [2.45, 2.75) is 0 Å². The summed E-state index contributed by atoms with van der Waals surface area (Å²) in [6, 6.07) is 19.5. The maximum Gasteiger partial charge on any atom is 0.157 e. The number of allylic oxidation sites excluding steroid dienone is 1. The Kier molecular flexibility index (Phi) is 5.49. The van der Waals surface area contributed by atoms with Crippen LogP contribution in [0.1, 0.15) is 11.1 Å². The van der Waals surface area contributed by atoms with E-state index >= 15 is 0 Å². The predicted molar refractivity (Wildman–Crippen MR) is 108 cm³/mol. The summed E-state index contributed by atoms with van der Waals surface area (Å²) >= 11 is 12.5. The van der Waals surface area contributed by atoms with E-state index in [-0.39, 0.29) is 6.61 Å². The second kappa shape index (κ2) is 7.98. The topological polar surface area (TPSA) is 33.0 Å². The van der Waals surface area contributed by atoms with Gasteiger partial charge < -0.3 is 4.74 Å². The Bertz CT molecular complexity index is 1060. The second-order valence-electron chi connectivity index (χ2n) is 5.54. The highest BCUT2D eigenvalue weighted by Gasteiger charge is 2.10. The molecule has 3 aromatic carbocycles. The Hall–Kier alpha value is -2.91. The van der Waals surface area contributed by atoms with Gasteiger partial charge in [-0.3, -0.25) is 0 Å². The van der Waals surface area contributed by atoms with Gasteiger partial charge in [0.15, 0.2) is 5.75 Å². The summed E-state index contributed by atoms with van der Waals surface area (Å²) in [6.45, 7) is 0.0785. The van der Waals surface area contributed by atoms with Crippen LogP contribution in [0.15, 0.2) is 54.6 Å². The van der Waals surface area contributed by atoms with Crippen LogP contribution in [0.25, 0.3) is 22.4 Å². The largest absolute Gasteiger partial charge is 0.478 e. The monoisotopic (exact) mass is 377 g/mol. The summed E-state index contributed by atoms with van der Waals surface area (Å²) in [4.78, 5) is 0. The zero-order valence-corrected chi connectivity index (χ0v) is 15.2. The number of hydrogen-bond donors (Lipinski definition) is 0. The van der Waals surface area contributed by atoms with E-state index in [2.05, 4.69) is 12.0 Å². The average Bonchev–Trinajstić information content (AvgIpc) is 2.65. The summed E-state index contributed by atoms with van der Waals surface area (Å²) in [5, 5.41) is 12.5. The van der Waals surface area contributed by atoms with Crippen LogP contribution in [-0.4, -0.2) is 6.61 Å². The number of ether oxygens (including phenoxy) is 1. The van der Waals surface area contributed by atoms with E-state index in [1.807, 2.05) is 42.5 Å². The molecule has 0 unspecified atom stereocenters. The highest BCUT2D eigenvalue weighted by Crippen LogP contribution is 2.35. The van der Waals surface area contributed by atoms with E-state index in [1.54, 1.807) is 18.2 Å². The van der Waals surface area contributed by atoms with Crippen LogP contribution >= 0.6 is 23.2 Å². The third-order valence-electron chi connectivity index (χ3n) is 3.81. The molecule has 0 bridgehead atoms. The summed E-state index contributed by atoms with van der Waals surface area (Å²) in [7, 11) is 0. The third kappa shape index (κ3) is 3.84. The normalized spacial score (nSPS) is 11.0. The average molecular weight is 378 g/mol. The first-order valence-electron chi connectivity index (χ1n) is 7.78. The van der Waals surface area contributed by atoms with Gasteiger partial charge in [0.25, 0.3) is 0 Å². The first kappa shape index (κ1) is 17.9. The minimum Gasteiger partial charge on any atom is -0.478 e. The van der Waals surface area contributed by atoms with Crippen molar-refractivity contribution in [1.29, 1.82) is 5.26 Å². The van der Waals surface area contributed by atoms with Crippen LogP contribution in [0.4, 0.5) is 0 Å². The van der Waals surface area contributed by atoms with Gasteiger partial charge >= 0.3 is 0 Å². The molecule has 0 aliphatic rings. The molecule has 3 aromatic rings. The Morgan fingerprint density at radius 2 is 1.73 bits per heavy atom. The van der Waals surface area contributed by atoms with Crippen LogP contribution in [-0.2, 0) is 0 Å². The van der Waals surface area contributed by atoms with E-state index in [0.29, 0.717) is 26.9 Å². The lowest BCUT2D eigenvalue weighted by molar-refractivity contribution is 0.371. The molecule has 126 valence electrons. The molecule has 0 heterocycles. The van der Waals surface area contributed by atoms with E-state index in [0.717, 1.165) is 16.3 Å². The number of nitriles is 1. The number of rotatable bonds is 4. The van der Waals surface area contributed by atoms with E-state index in [1.165, 1.54) is 0 Å². The number of terminal acetylenes is 1. The second-order valence-corrected chi connectivity index (χ2v) is 6.35. The van der Waals surface area contributed by atoms with Crippen molar-refractivity contribution in [3.63, 3.8) is 0 Å². The molecule has 0 amide bonds. The molecule has 0 aromatic heterocycles. The van der Waals surface area contributed by atoms with Gasteiger partial charge in [0.1, 0.15) is 6.61 Å². The van der Waals surface area contributed by atoms with Gasteiger partial charge in [-0.15, -0.1) is 6.42 Å². The van der Waals surface area contributed by atoms with E-state index in [9.17, 15) is 5.26 Å². The fraction of sp³-hybridized carbons (Fsp3) is 0.0455. The van der Waals surface area contributed by atoms with Gasteiger partial charge in [-0.05, 0) is 46.2 Å². The standard InChI is InChI=1S/C22H13Cl2NO/c1-2-9-26-22-20(23)11-15(12-21(22)24)10-19(14-25)18-8-7-16-5-3-4-6-17(16)13-18/h1,3-8,10-13H,9H2. The fourth-order valence-corrected chi connectivity index (χ4v) is 3.23. The molecular weight excluding hydrogens is 365 g/mol. The number of fused-ring (bicyclic) bond motifs is 1.